The van der Waals surface area contributed by atoms with Crippen molar-refractivity contribution >= 4 is 23.0 Å². The second-order valence-electron chi connectivity index (χ2n) is 5.85. The molecular formula is C20H19F3N2O4. The van der Waals surface area contributed by atoms with E-state index in [1.54, 1.807) is 19.1 Å². The molecule has 3 N–H and O–H groups in total. The van der Waals surface area contributed by atoms with Gasteiger partial charge in [-0.2, -0.15) is 24.0 Å². The molecule has 0 aliphatic carbocycles. The van der Waals surface area contributed by atoms with Gasteiger partial charge in [0.2, 0.25) is 0 Å². The zero-order chi connectivity index (χ0) is 21.6. The summed E-state index contributed by atoms with van der Waals surface area (Å²) in [5, 5.41) is 8.06. The lowest BCUT2D eigenvalue weighted by Gasteiger charge is -2.15. The first-order chi connectivity index (χ1) is 13.7. The third-order valence-corrected chi connectivity index (χ3v) is 3.98. The predicted octanol–water partition coefficient (Wildman–Crippen LogP) is 4.35. The third-order valence-electron chi connectivity index (χ3n) is 3.98. The quantitative estimate of drug-likeness (QED) is 0.234. The lowest BCUT2D eigenvalue weighted by Crippen LogP contribution is -2.20. The van der Waals surface area contributed by atoms with Gasteiger partial charge in [0.25, 0.3) is 0 Å². The van der Waals surface area contributed by atoms with Gasteiger partial charge in [0.05, 0.1) is 12.2 Å². The summed E-state index contributed by atoms with van der Waals surface area (Å²) in [6.45, 7) is 3.23. The maximum Gasteiger partial charge on any atom is 0.416 e. The molecule has 0 heterocycles. The summed E-state index contributed by atoms with van der Waals surface area (Å²) in [6.07, 6.45) is -4.51. The zero-order valence-corrected chi connectivity index (χ0v) is 15.7. The van der Waals surface area contributed by atoms with Crippen molar-refractivity contribution in [2.24, 2.45) is 5.90 Å². The molecule has 0 aromatic heterocycles. The molecule has 6 nitrogen and oxygen atoms in total. The van der Waals surface area contributed by atoms with Crippen LogP contribution in [0, 0.1) is 5.41 Å². The van der Waals surface area contributed by atoms with E-state index in [0.29, 0.717) is 0 Å². The highest BCUT2D eigenvalue weighted by Crippen LogP contribution is 2.33. The van der Waals surface area contributed by atoms with Gasteiger partial charge in [-0.15, -0.1) is 0 Å². The van der Waals surface area contributed by atoms with Gasteiger partial charge >= 0.3 is 12.1 Å². The Hall–Kier alpha value is -3.17. The van der Waals surface area contributed by atoms with E-state index in [1.807, 2.05) is 0 Å². The molecule has 0 saturated carbocycles. The molecule has 0 unspecified atom stereocenters. The van der Waals surface area contributed by atoms with Crippen molar-refractivity contribution in [2.45, 2.75) is 20.0 Å². The molecule has 154 valence electrons. The van der Waals surface area contributed by atoms with Crippen LogP contribution >= 0.6 is 0 Å². The fourth-order valence-corrected chi connectivity index (χ4v) is 2.58. The van der Waals surface area contributed by atoms with Crippen LogP contribution in [0.25, 0.3) is 11.3 Å². The molecule has 2 aromatic rings. The van der Waals surface area contributed by atoms with Gasteiger partial charge in [0.15, 0.2) is 11.5 Å². The van der Waals surface area contributed by atoms with Crippen molar-refractivity contribution in [1.29, 1.82) is 5.41 Å². The average Bonchev–Trinajstić information content (AvgIpc) is 2.71. The van der Waals surface area contributed by atoms with Gasteiger partial charge in [-0.25, -0.2) is 4.79 Å². The first kappa shape index (κ1) is 22.1. The number of hydrogen-bond acceptors (Lipinski definition) is 6. The van der Waals surface area contributed by atoms with Gasteiger partial charge in [-0.3, -0.25) is 10.3 Å². The lowest BCUT2D eigenvalue weighted by molar-refractivity contribution is -0.262. The largest absolute Gasteiger partial charge is 0.416 e. The van der Waals surface area contributed by atoms with Crippen LogP contribution in [-0.2, 0) is 25.6 Å². The molecule has 9 heteroatoms. The summed E-state index contributed by atoms with van der Waals surface area (Å²) in [5.41, 5.74) is -0.490. The van der Waals surface area contributed by atoms with Crippen molar-refractivity contribution in [3.8, 4) is 0 Å². The van der Waals surface area contributed by atoms with Crippen LogP contribution in [0.3, 0.4) is 0 Å². The number of hydrogen-bond donors (Lipinski definition) is 2. The molecule has 2 rings (SSSR count). The molecule has 0 saturated heterocycles. The number of alkyl halides is 3. The van der Waals surface area contributed by atoms with E-state index in [0.717, 1.165) is 12.1 Å². The summed E-state index contributed by atoms with van der Waals surface area (Å²) in [5.74, 6) is 4.37. The van der Waals surface area contributed by atoms with Crippen LogP contribution < -0.4 is 5.90 Å². The van der Waals surface area contributed by atoms with Crippen molar-refractivity contribution in [1.82, 2.24) is 0 Å². The Morgan fingerprint density at radius 1 is 1.10 bits per heavy atom. The van der Waals surface area contributed by atoms with Crippen molar-refractivity contribution in [2.75, 3.05) is 6.61 Å². The van der Waals surface area contributed by atoms with E-state index in [2.05, 4.69) is 9.78 Å². The molecule has 0 aliphatic rings. The van der Waals surface area contributed by atoms with Crippen LogP contribution in [0.1, 0.15) is 36.1 Å². The Morgan fingerprint density at radius 2 is 1.76 bits per heavy atom. The number of nitrogens with one attached hydrogen (secondary N) is 1. The van der Waals surface area contributed by atoms with E-state index < -0.39 is 23.4 Å². The number of nitrogens with two attached hydrogens (primary N) is 1. The van der Waals surface area contributed by atoms with E-state index in [1.165, 1.54) is 31.2 Å². The molecule has 0 bridgehead atoms. The van der Waals surface area contributed by atoms with Crippen LogP contribution in [0.5, 0.6) is 0 Å². The Bertz CT molecular complexity index is 939. The molecular weight excluding hydrogens is 389 g/mol. The fraction of sp³-hybridized carbons (Fsp3) is 0.200. The fourth-order valence-electron chi connectivity index (χ4n) is 2.58. The van der Waals surface area contributed by atoms with Gasteiger partial charge in [-0.05, 0) is 31.5 Å². The Morgan fingerprint density at radius 3 is 2.34 bits per heavy atom. The highest BCUT2D eigenvalue weighted by molar-refractivity contribution is 6.42. The topological polar surface area (TPSA) is 94.6 Å². The van der Waals surface area contributed by atoms with Crippen LogP contribution in [0.15, 0.2) is 48.5 Å². The first-order valence-corrected chi connectivity index (χ1v) is 8.48. The molecule has 2 aromatic carbocycles. The Kier molecular flexibility index (Phi) is 7.13. The van der Waals surface area contributed by atoms with E-state index >= 15 is 0 Å². The number of carbonyl (C=O) groups excluding carboxylic acids is 1. The van der Waals surface area contributed by atoms with Gasteiger partial charge in [-0.1, -0.05) is 36.4 Å². The van der Waals surface area contributed by atoms with Crippen LogP contribution in [0.2, 0.25) is 0 Å². The highest BCUT2D eigenvalue weighted by atomic mass is 19.4. The van der Waals surface area contributed by atoms with Gasteiger partial charge in [0, 0.05) is 16.7 Å². The minimum Gasteiger partial charge on any atom is -0.411 e. The molecule has 0 amide bonds. The van der Waals surface area contributed by atoms with E-state index in [9.17, 15) is 18.0 Å². The van der Waals surface area contributed by atoms with Crippen molar-refractivity contribution < 1.29 is 32.6 Å². The maximum atomic E-state index is 13.0. The number of benzene rings is 2. The van der Waals surface area contributed by atoms with E-state index in [4.69, 9.17) is 16.1 Å². The van der Waals surface area contributed by atoms with Crippen molar-refractivity contribution in [3.05, 3.63) is 70.8 Å². The minimum absolute atomic E-state index is 0.00823. The van der Waals surface area contributed by atoms with Crippen LogP contribution in [-0.4, -0.2) is 18.3 Å². The summed E-state index contributed by atoms with van der Waals surface area (Å²) in [4.78, 5) is 26.0. The monoisotopic (exact) mass is 408 g/mol. The molecule has 0 spiro atoms. The molecule has 0 atom stereocenters. The lowest BCUT2D eigenvalue weighted by atomic mass is 9.96. The summed E-state index contributed by atoms with van der Waals surface area (Å²) in [7, 11) is 0. The minimum atomic E-state index is -4.51. The van der Waals surface area contributed by atoms with Crippen molar-refractivity contribution in [3.63, 3.8) is 0 Å². The standard InChI is InChI=1S/C20H19F3N2O4/c1-3-27-29-19(26)17(24)15-9-4-5-10-16(15)18(28-25)12(2)13-7-6-8-14(11-13)20(21,22)23/h4-11,24H,3,25H2,1-2H3/b18-12+,24-17?. The summed E-state index contributed by atoms with van der Waals surface area (Å²) in [6, 6.07) is 10.8. The second kappa shape index (κ2) is 9.35. The number of carbonyl (C=O) groups is 1. The maximum absolute atomic E-state index is 13.0. The summed E-state index contributed by atoms with van der Waals surface area (Å²) < 4.78 is 39.1. The van der Waals surface area contributed by atoms with Gasteiger partial charge in [0.1, 0.15) is 0 Å². The average molecular weight is 408 g/mol. The van der Waals surface area contributed by atoms with E-state index in [-0.39, 0.29) is 34.6 Å². The zero-order valence-electron chi connectivity index (χ0n) is 15.7. The Labute approximate surface area is 165 Å². The van der Waals surface area contributed by atoms with Gasteiger partial charge < -0.3 is 4.84 Å². The molecule has 0 radical (unpaired) electrons. The number of halogens is 3. The second-order valence-corrected chi connectivity index (χ2v) is 5.85. The summed E-state index contributed by atoms with van der Waals surface area (Å²) >= 11 is 0. The normalized spacial score (nSPS) is 12.2. The third kappa shape index (κ3) is 5.21. The Balaban J connectivity index is 2.55. The number of allylic oxidation sites excluding steroid dienone is 1. The predicted molar refractivity (Wildman–Crippen MR) is 100 cm³/mol. The first-order valence-electron chi connectivity index (χ1n) is 8.48. The van der Waals surface area contributed by atoms with Crippen LogP contribution in [0.4, 0.5) is 13.2 Å². The number of rotatable bonds is 7. The molecule has 29 heavy (non-hydrogen) atoms. The molecule has 0 aliphatic heterocycles. The highest BCUT2D eigenvalue weighted by Gasteiger charge is 2.30. The smallest absolute Gasteiger partial charge is 0.411 e. The SMILES string of the molecule is CCOOC(=O)C(=N)c1ccccc1/C(ON)=C(/C)c1cccc(C(F)(F)F)c1. The molecule has 0 fully saturated rings.